The fourth-order valence-corrected chi connectivity index (χ4v) is 1.95. The first-order chi connectivity index (χ1) is 7.54. The van der Waals surface area contributed by atoms with Gasteiger partial charge in [0.05, 0.1) is 12.3 Å². The lowest BCUT2D eigenvalue weighted by atomic mass is 9.78. The van der Waals surface area contributed by atoms with Crippen LogP contribution < -0.4 is 0 Å². The fourth-order valence-electron chi connectivity index (χ4n) is 1.95. The third-order valence-electron chi connectivity index (χ3n) is 2.96. The summed E-state index contributed by atoms with van der Waals surface area (Å²) in [7, 11) is 1.74. The Balaban J connectivity index is 2.28. The minimum atomic E-state index is -1.05. The summed E-state index contributed by atoms with van der Waals surface area (Å²) in [5, 5.41) is 7.67. The number of hydrogen-bond acceptors (Lipinski definition) is 5. The second kappa shape index (κ2) is 3.70. The molecular weight excluding hydrogens is 210 g/mol. The van der Waals surface area contributed by atoms with Gasteiger partial charge in [-0.25, -0.2) is 0 Å². The van der Waals surface area contributed by atoms with Gasteiger partial charge in [-0.3, -0.25) is 14.3 Å². The average molecular weight is 223 g/mol. The van der Waals surface area contributed by atoms with Gasteiger partial charge in [0.15, 0.2) is 0 Å². The first-order valence-electron chi connectivity index (χ1n) is 5.08. The smallest absolute Gasteiger partial charge is 0.320 e. The van der Waals surface area contributed by atoms with Crippen molar-refractivity contribution in [2.75, 3.05) is 6.61 Å². The molecule has 0 amide bonds. The van der Waals surface area contributed by atoms with Gasteiger partial charge in [0, 0.05) is 26.1 Å². The van der Waals surface area contributed by atoms with E-state index in [0.717, 1.165) is 0 Å². The van der Waals surface area contributed by atoms with E-state index in [-0.39, 0.29) is 12.2 Å². The lowest BCUT2D eigenvalue weighted by molar-refractivity contribution is -0.150. The van der Waals surface area contributed by atoms with Crippen molar-refractivity contribution in [3.05, 3.63) is 11.9 Å². The molecule has 1 fully saturated rings. The van der Waals surface area contributed by atoms with Gasteiger partial charge in [0.2, 0.25) is 0 Å². The summed E-state index contributed by atoms with van der Waals surface area (Å²) in [6.45, 7) is 1.72. The molecule has 1 aliphatic heterocycles. The normalized spacial score (nSPS) is 24.5. The van der Waals surface area contributed by atoms with E-state index in [0.29, 0.717) is 18.7 Å². The lowest BCUT2D eigenvalue weighted by Gasteiger charge is -2.19. The Bertz CT molecular complexity index is 440. The zero-order valence-electron chi connectivity index (χ0n) is 9.27. The predicted octanol–water partition coefficient (Wildman–Crippen LogP) is -0.120. The molecule has 1 atom stereocenters. The van der Waals surface area contributed by atoms with Crippen molar-refractivity contribution < 1.29 is 14.3 Å². The molecular formula is C10H13N3O3. The zero-order valence-corrected chi connectivity index (χ0v) is 9.27. The van der Waals surface area contributed by atoms with Gasteiger partial charge >= 0.3 is 5.97 Å². The molecule has 16 heavy (non-hydrogen) atoms. The van der Waals surface area contributed by atoms with Crippen LogP contribution in [0.25, 0.3) is 0 Å². The van der Waals surface area contributed by atoms with Crippen LogP contribution in [0.3, 0.4) is 0 Å². The van der Waals surface area contributed by atoms with Crippen LogP contribution >= 0.6 is 0 Å². The molecule has 0 aliphatic carbocycles. The standard InChI is InChI=1S/C10H13N3O3/c1-7(14)10(3-4-16-9(10)15)5-8-6-13(2)12-11-8/h6H,3-5H2,1-2H3. The van der Waals surface area contributed by atoms with E-state index in [1.54, 1.807) is 17.9 Å². The molecule has 0 saturated carbocycles. The molecule has 0 bridgehead atoms. The van der Waals surface area contributed by atoms with E-state index in [1.807, 2.05) is 0 Å². The Hall–Kier alpha value is -1.72. The maximum Gasteiger partial charge on any atom is 0.320 e. The number of aryl methyl sites for hydroxylation is 1. The summed E-state index contributed by atoms with van der Waals surface area (Å²) in [4.78, 5) is 23.3. The largest absolute Gasteiger partial charge is 0.465 e. The molecule has 6 heteroatoms. The number of hydrogen-bond donors (Lipinski definition) is 0. The second-order valence-corrected chi connectivity index (χ2v) is 4.08. The zero-order chi connectivity index (χ0) is 11.8. The van der Waals surface area contributed by atoms with Crippen molar-refractivity contribution in [1.29, 1.82) is 0 Å². The summed E-state index contributed by atoms with van der Waals surface area (Å²) in [5.74, 6) is -0.605. The molecule has 1 aromatic heterocycles. The molecule has 2 heterocycles. The monoisotopic (exact) mass is 223 g/mol. The second-order valence-electron chi connectivity index (χ2n) is 4.08. The van der Waals surface area contributed by atoms with Crippen LogP contribution in [0.1, 0.15) is 19.0 Å². The number of carbonyl (C=O) groups excluding carboxylic acids is 2. The molecule has 1 saturated heterocycles. The summed E-state index contributed by atoms with van der Waals surface area (Å²) in [5.41, 5.74) is -0.410. The fraction of sp³-hybridized carbons (Fsp3) is 0.600. The topological polar surface area (TPSA) is 74.1 Å². The Morgan fingerprint density at radius 2 is 2.44 bits per heavy atom. The van der Waals surface area contributed by atoms with Crippen LogP contribution in [-0.2, 0) is 27.8 Å². The number of cyclic esters (lactones) is 1. The minimum Gasteiger partial charge on any atom is -0.465 e. The number of carbonyl (C=O) groups is 2. The lowest BCUT2D eigenvalue weighted by Crippen LogP contribution is -2.36. The van der Waals surface area contributed by atoms with Gasteiger partial charge in [0.25, 0.3) is 0 Å². The van der Waals surface area contributed by atoms with Crippen molar-refractivity contribution >= 4 is 11.8 Å². The number of ketones is 1. The minimum absolute atomic E-state index is 0.166. The molecule has 0 aromatic carbocycles. The van der Waals surface area contributed by atoms with Crippen LogP contribution in [0.4, 0.5) is 0 Å². The molecule has 1 aromatic rings. The van der Waals surface area contributed by atoms with Crippen LogP contribution in [0.2, 0.25) is 0 Å². The Labute approximate surface area is 92.6 Å². The van der Waals surface area contributed by atoms with Crippen LogP contribution in [0, 0.1) is 5.41 Å². The summed E-state index contributed by atoms with van der Waals surface area (Å²) in [6, 6.07) is 0. The Kier molecular flexibility index (Phi) is 2.49. The summed E-state index contributed by atoms with van der Waals surface area (Å²) >= 11 is 0. The average Bonchev–Trinajstić information content (AvgIpc) is 2.76. The first-order valence-corrected chi connectivity index (χ1v) is 5.08. The van der Waals surface area contributed by atoms with Crippen LogP contribution in [0.5, 0.6) is 0 Å². The maximum atomic E-state index is 11.7. The molecule has 1 unspecified atom stereocenters. The molecule has 6 nitrogen and oxygen atoms in total. The Morgan fingerprint density at radius 1 is 1.69 bits per heavy atom. The highest BCUT2D eigenvalue weighted by molar-refractivity contribution is 6.03. The molecule has 0 N–H and O–H groups in total. The number of ether oxygens (including phenoxy) is 1. The van der Waals surface area contributed by atoms with Crippen LogP contribution in [-0.4, -0.2) is 33.4 Å². The molecule has 2 rings (SSSR count). The van der Waals surface area contributed by atoms with Gasteiger partial charge in [-0.15, -0.1) is 5.10 Å². The summed E-state index contributed by atoms with van der Waals surface area (Å²) in [6.07, 6.45) is 2.41. The number of rotatable bonds is 3. The van der Waals surface area contributed by atoms with Crippen molar-refractivity contribution in [1.82, 2.24) is 15.0 Å². The molecule has 0 radical (unpaired) electrons. The van der Waals surface area contributed by atoms with Gasteiger partial charge in [-0.1, -0.05) is 5.21 Å². The maximum absolute atomic E-state index is 11.7. The van der Waals surface area contributed by atoms with Crippen LogP contribution in [0.15, 0.2) is 6.20 Å². The number of esters is 1. The van der Waals surface area contributed by atoms with Crippen molar-refractivity contribution in [3.8, 4) is 0 Å². The van der Waals surface area contributed by atoms with Crippen molar-refractivity contribution in [2.45, 2.75) is 19.8 Å². The van der Waals surface area contributed by atoms with E-state index in [9.17, 15) is 9.59 Å². The van der Waals surface area contributed by atoms with Gasteiger partial charge < -0.3 is 4.74 Å². The predicted molar refractivity (Wildman–Crippen MR) is 53.4 cm³/mol. The first kappa shape index (κ1) is 10.8. The van der Waals surface area contributed by atoms with E-state index in [1.165, 1.54) is 6.92 Å². The quantitative estimate of drug-likeness (QED) is 0.527. The van der Waals surface area contributed by atoms with Gasteiger partial charge in [-0.2, -0.15) is 0 Å². The molecule has 86 valence electrons. The highest BCUT2D eigenvalue weighted by Gasteiger charge is 2.49. The van der Waals surface area contributed by atoms with Gasteiger partial charge in [0.1, 0.15) is 11.2 Å². The number of nitrogens with zero attached hydrogens (tertiary/aromatic N) is 3. The highest BCUT2D eigenvalue weighted by atomic mass is 16.5. The number of Topliss-reactive ketones (excluding diaryl/α,β-unsaturated/α-hetero) is 1. The third kappa shape index (κ3) is 1.60. The van der Waals surface area contributed by atoms with E-state index < -0.39 is 11.4 Å². The molecule has 0 spiro atoms. The molecule has 1 aliphatic rings. The van der Waals surface area contributed by atoms with Gasteiger partial charge in [-0.05, 0) is 6.92 Å². The SMILES string of the molecule is CC(=O)C1(Cc2cn(C)nn2)CCOC1=O. The summed E-state index contributed by atoms with van der Waals surface area (Å²) < 4.78 is 6.44. The van der Waals surface area contributed by atoms with E-state index in [4.69, 9.17) is 4.74 Å². The van der Waals surface area contributed by atoms with Crippen molar-refractivity contribution in [2.24, 2.45) is 12.5 Å². The Morgan fingerprint density at radius 3 is 2.88 bits per heavy atom. The van der Waals surface area contributed by atoms with E-state index >= 15 is 0 Å². The number of aromatic nitrogens is 3. The highest BCUT2D eigenvalue weighted by Crippen LogP contribution is 2.34. The van der Waals surface area contributed by atoms with Crippen molar-refractivity contribution in [3.63, 3.8) is 0 Å². The third-order valence-corrected chi connectivity index (χ3v) is 2.96. The van der Waals surface area contributed by atoms with E-state index in [2.05, 4.69) is 10.3 Å².